The molecule has 5 aliphatic rings. The van der Waals surface area contributed by atoms with Gasteiger partial charge in [0, 0.05) is 0 Å². The number of isocyanates is 1. The molecule has 0 radical (unpaired) electrons. The number of aliphatic imine (C=N–C) groups is 1. The highest BCUT2D eigenvalue weighted by Crippen LogP contribution is 2.96. The molecule has 2 heteroatoms. The molecule has 6 bridgehead atoms. The van der Waals surface area contributed by atoms with Crippen molar-refractivity contribution in [3.8, 4) is 0 Å². The Morgan fingerprint density at radius 2 is 1.50 bits per heavy atom. The van der Waals surface area contributed by atoms with E-state index in [1.54, 1.807) is 6.08 Å². The average molecular weight is 245 g/mol. The summed E-state index contributed by atoms with van der Waals surface area (Å²) >= 11 is 0. The molecule has 4 unspecified atom stereocenters. The Morgan fingerprint density at radius 1 is 1.00 bits per heavy atom. The zero-order chi connectivity index (χ0) is 13.0. The molecule has 5 aliphatic carbocycles. The molecule has 5 saturated carbocycles. The van der Waals surface area contributed by atoms with E-state index in [4.69, 9.17) is 0 Å². The second kappa shape index (κ2) is 2.50. The number of hydrogen-bond donors (Lipinski definition) is 0. The minimum atomic E-state index is 0.330. The molecule has 98 valence electrons. The monoisotopic (exact) mass is 245 g/mol. The van der Waals surface area contributed by atoms with Gasteiger partial charge in [-0.2, -0.15) is 0 Å². The van der Waals surface area contributed by atoms with Crippen molar-refractivity contribution in [2.45, 2.75) is 53.4 Å². The Bertz CT molecular complexity index is 475. The largest absolute Gasteiger partial charge is 0.234 e. The molecule has 0 N–H and O–H groups in total. The molecule has 0 amide bonds. The second-order valence-corrected chi connectivity index (χ2v) is 8.56. The van der Waals surface area contributed by atoms with Gasteiger partial charge in [0.05, 0.1) is 6.54 Å². The van der Waals surface area contributed by atoms with Gasteiger partial charge in [0.25, 0.3) is 0 Å². The van der Waals surface area contributed by atoms with E-state index >= 15 is 0 Å². The lowest BCUT2D eigenvalue weighted by atomic mass is 9.28. The first kappa shape index (κ1) is 11.2. The summed E-state index contributed by atoms with van der Waals surface area (Å²) in [6.07, 6.45) is 7.09. The third-order valence-electron chi connectivity index (χ3n) is 8.92. The predicted molar refractivity (Wildman–Crippen MR) is 69.8 cm³/mol. The maximum absolute atomic E-state index is 10.5. The van der Waals surface area contributed by atoms with Crippen molar-refractivity contribution in [1.29, 1.82) is 0 Å². The fourth-order valence-corrected chi connectivity index (χ4v) is 7.74. The van der Waals surface area contributed by atoms with Crippen molar-refractivity contribution < 1.29 is 4.79 Å². The second-order valence-electron chi connectivity index (χ2n) is 8.56. The number of nitrogens with zero attached hydrogens (tertiary/aromatic N) is 1. The molecule has 5 fully saturated rings. The van der Waals surface area contributed by atoms with E-state index in [1.165, 1.54) is 25.7 Å². The van der Waals surface area contributed by atoms with Gasteiger partial charge in [-0.1, -0.05) is 27.7 Å². The molecule has 0 aliphatic heterocycles. The van der Waals surface area contributed by atoms with Gasteiger partial charge in [0.1, 0.15) is 0 Å². The van der Waals surface area contributed by atoms with Crippen molar-refractivity contribution in [2.24, 2.45) is 38.0 Å². The highest BCUT2D eigenvalue weighted by Gasteiger charge is 2.90. The van der Waals surface area contributed by atoms with Gasteiger partial charge < -0.3 is 0 Å². The van der Waals surface area contributed by atoms with Crippen molar-refractivity contribution in [3.63, 3.8) is 0 Å². The fourth-order valence-electron chi connectivity index (χ4n) is 7.74. The van der Waals surface area contributed by atoms with Crippen LogP contribution in [0, 0.1) is 33.0 Å². The van der Waals surface area contributed by atoms with Crippen molar-refractivity contribution in [2.75, 3.05) is 6.54 Å². The van der Waals surface area contributed by atoms with Crippen LogP contribution in [0.5, 0.6) is 0 Å². The van der Waals surface area contributed by atoms with Gasteiger partial charge in [0.2, 0.25) is 6.08 Å². The third kappa shape index (κ3) is 0.680. The van der Waals surface area contributed by atoms with Crippen LogP contribution in [-0.4, -0.2) is 12.6 Å². The van der Waals surface area contributed by atoms with Crippen LogP contribution < -0.4 is 0 Å². The zero-order valence-corrected chi connectivity index (χ0v) is 12.0. The highest BCUT2D eigenvalue weighted by molar-refractivity contribution is 5.40. The summed E-state index contributed by atoms with van der Waals surface area (Å²) in [6.45, 7) is 10.8. The summed E-state index contributed by atoms with van der Waals surface area (Å²) in [7, 11) is 0. The third-order valence-corrected chi connectivity index (χ3v) is 8.92. The Kier molecular flexibility index (Phi) is 1.56. The molecule has 4 atom stereocenters. The molecule has 0 aromatic carbocycles. The van der Waals surface area contributed by atoms with E-state index in [9.17, 15) is 4.79 Å². The van der Waals surface area contributed by atoms with E-state index < -0.39 is 0 Å². The van der Waals surface area contributed by atoms with Crippen LogP contribution in [0.25, 0.3) is 0 Å². The first-order valence-corrected chi connectivity index (χ1v) is 7.32. The van der Waals surface area contributed by atoms with Gasteiger partial charge >= 0.3 is 0 Å². The molecule has 0 heterocycles. The minimum Gasteiger partial charge on any atom is -0.211 e. The topological polar surface area (TPSA) is 29.4 Å². The fraction of sp³-hybridized carbons (Fsp3) is 0.938. The first-order valence-electron chi connectivity index (χ1n) is 7.32. The molecule has 0 aromatic rings. The summed E-state index contributed by atoms with van der Waals surface area (Å²) in [4.78, 5) is 14.5. The standard InChI is InChI=1S/C16H23NO/c1-12-5-11-6-13(12,2)15(4)8-16(11,9-17-10-18)7-14(12,15)3/h11H,5-9H2,1-4H3. The molecule has 0 aromatic heterocycles. The van der Waals surface area contributed by atoms with Crippen LogP contribution in [-0.2, 0) is 4.79 Å². The Morgan fingerprint density at radius 3 is 1.94 bits per heavy atom. The van der Waals surface area contributed by atoms with Crippen molar-refractivity contribution >= 4 is 6.08 Å². The van der Waals surface area contributed by atoms with Gasteiger partial charge in [-0.25, -0.2) is 9.79 Å². The first-order chi connectivity index (χ1) is 8.29. The highest BCUT2D eigenvalue weighted by atomic mass is 16.1. The van der Waals surface area contributed by atoms with Crippen molar-refractivity contribution in [1.82, 2.24) is 0 Å². The van der Waals surface area contributed by atoms with E-state index in [0.29, 0.717) is 27.1 Å². The van der Waals surface area contributed by atoms with E-state index in [1.807, 2.05) is 0 Å². The number of hydrogen-bond acceptors (Lipinski definition) is 2. The maximum atomic E-state index is 10.5. The van der Waals surface area contributed by atoms with E-state index in [0.717, 1.165) is 12.5 Å². The summed E-state index contributed by atoms with van der Waals surface area (Å²) in [6, 6.07) is 0. The molecule has 18 heavy (non-hydrogen) atoms. The van der Waals surface area contributed by atoms with Gasteiger partial charge in [0.15, 0.2) is 0 Å². The maximum Gasteiger partial charge on any atom is 0.234 e. The molecular formula is C16H23NO. The number of carbonyl (C=O) groups excluding carboxylic acids is 1. The molecule has 0 saturated heterocycles. The SMILES string of the molecule is CC12CC3CC1(C)C1(C)CC3(CN=C=O)CC21C. The van der Waals surface area contributed by atoms with Crippen LogP contribution in [0.15, 0.2) is 4.99 Å². The Hall–Kier alpha value is -0.620. The van der Waals surface area contributed by atoms with Crippen LogP contribution in [0.1, 0.15) is 53.4 Å². The summed E-state index contributed by atoms with van der Waals surface area (Å²) in [5, 5.41) is 0. The van der Waals surface area contributed by atoms with Crippen LogP contribution >= 0.6 is 0 Å². The predicted octanol–water partition coefficient (Wildman–Crippen LogP) is 3.56. The van der Waals surface area contributed by atoms with Gasteiger partial charge in [-0.15, -0.1) is 0 Å². The molecule has 5 rings (SSSR count). The minimum absolute atomic E-state index is 0.330. The smallest absolute Gasteiger partial charge is 0.211 e. The quantitative estimate of drug-likeness (QED) is 0.540. The summed E-state index contributed by atoms with van der Waals surface area (Å²) < 4.78 is 0. The Balaban J connectivity index is 1.88. The van der Waals surface area contributed by atoms with Gasteiger partial charge in [-0.05, 0) is 58.7 Å². The Labute approximate surface area is 109 Å². The lowest BCUT2D eigenvalue weighted by Gasteiger charge is -2.76. The van der Waals surface area contributed by atoms with Gasteiger partial charge in [-0.3, -0.25) is 0 Å². The molecule has 0 spiro atoms. The summed E-state index contributed by atoms with van der Waals surface area (Å²) in [5.74, 6) is 0.799. The molecule has 2 nitrogen and oxygen atoms in total. The van der Waals surface area contributed by atoms with Crippen molar-refractivity contribution in [3.05, 3.63) is 0 Å². The number of rotatable bonds is 2. The lowest BCUT2D eigenvalue weighted by molar-refractivity contribution is -0.283. The summed E-state index contributed by atoms with van der Waals surface area (Å²) in [5.41, 5.74) is 2.34. The molecular weight excluding hydrogens is 222 g/mol. The van der Waals surface area contributed by atoms with E-state index in [2.05, 4.69) is 32.7 Å². The van der Waals surface area contributed by atoms with E-state index in [-0.39, 0.29) is 0 Å². The lowest BCUT2D eigenvalue weighted by Crippen LogP contribution is -2.70. The average Bonchev–Trinajstić information content (AvgIpc) is 2.63. The van der Waals surface area contributed by atoms with Crippen LogP contribution in [0.3, 0.4) is 0 Å². The normalized spacial score (nSPS) is 66.8. The van der Waals surface area contributed by atoms with Crippen LogP contribution in [0.4, 0.5) is 0 Å². The zero-order valence-electron chi connectivity index (χ0n) is 12.0. The van der Waals surface area contributed by atoms with Crippen LogP contribution in [0.2, 0.25) is 0 Å².